The number of rotatable bonds is 0. The highest BCUT2D eigenvalue weighted by Gasteiger charge is 2.10. The first-order chi connectivity index (χ1) is 4.86. The molecule has 0 spiro atoms. The normalized spacial score (nSPS) is 21.9. The number of pyridine rings is 1. The summed E-state index contributed by atoms with van der Waals surface area (Å²) in [6.45, 7) is 0. The third-order valence-electron chi connectivity index (χ3n) is 1.18. The summed E-state index contributed by atoms with van der Waals surface area (Å²) in [7, 11) is 1.85. The van der Waals surface area contributed by atoms with Gasteiger partial charge in [0.15, 0.2) is 0 Å². The number of hydrogen-bond donors (Lipinski definition) is 0. The molecule has 1 unspecified atom stereocenters. The first-order valence-electron chi connectivity index (χ1n) is 2.87. The molecule has 1 atom stereocenters. The highest BCUT2D eigenvalue weighted by Crippen LogP contribution is 2.37. The van der Waals surface area contributed by atoms with Gasteiger partial charge in [-0.1, -0.05) is 0 Å². The molecule has 2 heterocycles. The Balaban J connectivity index is 2.54. The molecule has 2 rings (SSSR count). The van der Waals surface area contributed by atoms with Crippen LogP contribution in [-0.4, -0.2) is 11.2 Å². The molecule has 2 nitrogen and oxygen atoms in total. The third-order valence-corrected chi connectivity index (χ3v) is 3.77. The minimum absolute atomic E-state index is 0.110. The van der Waals surface area contributed by atoms with Crippen LogP contribution < -0.4 is 0 Å². The largest absolute Gasteiger partial charge is 0.247 e. The Morgan fingerprint density at radius 1 is 1.60 bits per heavy atom. The average molecular weight is 170 g/mol. The second-order valence-corrected chi connectivity index (χ2v) is 5.46. The molecule has 0 amide bonds. The zero-order valence-electron chi connectivity index (χ0n) is 5.44. The third kappa shape index (κ3) is 0.973. The molecule has 1 aliphatic heterocycles. The van der Waals surface area contributed by atoms with E-state index in [2.05, 4.69) is 15.6 Å². The van der Waals surface area contributed by atoms with Crippen LogP contribution in [0.25, 0.3) is 0 Å². The summed E-state index contributed by atoms with van der Waals surface area (Å²) in [5, 5.41) is 1.08. The van der Waals surface area contributed by atoms with Gasteiger partial charge in [0.1, 0.15) is 10.7 Å². The SMILES string of the molecule is CS1=Nc2cccnc2S1. The fraction of sp³-hybridized carbons (Fsp3) is 0.167. The van der Waals surface area contributed by atoms with Crippen LogP contribution in [0.5, 0.6) is 0 Å². The molecule has 1 aromatic rings. The van der Waals surface area contributed by atoms with Crippen molar-refractivity contribution in [2.45, 2.75) is 5.03 Å². The van der Waals surface area contributed by atoms with E-state index in [9.17, 15) is 0 Å². The topological polar surface area (TPSA) is 25.2 Å². The van der Waals surface area contributed by atoms with Crippen molar-refractivity contribution in [1.82, 2.24) is 4.98 Å². The molecule has 1 aromatic heterocycles. The van der Waals surface area contributed by atoms with E-state index in [1.165, 1.54) is 0 Å². The van der Waals surface area contributed by atoms with Crippen LogP contribution in [0.2, 0.25) is 0 Å². The summed E-state index contributed by atoms with van der Waals surface area (Å²) in [5.41, 5.74) is 1.05. The van der Waals surface area contributed by atoms with Crippen molar-refractivity contribution in [3.63, 3.8) is 0 Å². The molecule has 52 valence electrons. The van der Waals surface area contributed by atoms with E-state index in [1.54, 1.807) is 10.8 Å². The van der Waals surface area contributed by atoms with Crippen LogP contribution in [0.3, 0.4) is 0 Å². The Labute approximate surface area is 65.6 Å². The molecule has 0 aromatic carbocycles. The molecule has 0 fully saturated rings. The zero-order valence-corrected chi connectivity index (χ0v) is 7.08. The summed E-state index contributed by atoms with van der Waals surface area (Å²) < 4.78 is 4.38. The molecule has 0 radical (unpaired) electrons. The van der Waals surface area contributed by atoms with E-state index in [0.29, 0.717) is 0 Å². The Hall–Kier alpha value is -0.350. The second kappa shape index (κ2) is 2.36. The van der Waals surface area contributed by atoms with Crippen LogP contribution in [-0.2, 0) is 9.72 Å². The summed E-state index contributed by atoms with van der Waals surface area (Å²) in [6.07, 6.45) is 3.91. The van der Waals surface area contributed by atoms with Gasteiger partial charge in [0.2, 0.25) is 0 Å². The van der Waals surface area contributed by atoms with E-state index >= 15 is 0 Å². The molecule has 0 saturated heterocycles. The van der Waals surface area contributed by atoms with E-state index < -0.39 is 0 Å². The fourth-order valence-electron chi connectivity index (χ4n) is 0.787. The highest BCUT2D eigenvalue weighted by molar-refractivity contribution is 8.70. The van der Waals surface area contributed by atoms with Crippen LogP contribution in [0, 0.1) is 0 Å². The Bertz CT molecular complexity index is 296. The molecule has 10 heavy (non-hydrogen) atoms. The summed E-state index contributed by atoms with van der Waals surface area (Å²) in [6, 6.07) is 3.93. The maximum Gasteiger partial charge on any atom is 0.134 e. The fourth-order valence-corrected chi connectivity index (χ4v) is 3.26. The Morgan fingerprint density at radius 2 is 2.50 bits per heavy atom. The predicted octanol–water partition coefficient (Wildman–Crippen LogP) is 2.17. The van der Waals surface area contributed by atoms with Gasteiger partial charge in [-0.15, -0.1) is 0 Å². The van der Waals surface area contributed by atoms with Crippen LogP contribution in [0.1, 0.15) is 0 Å². The maximum absolute atomic E-state index is 4.38. The van der Waals surface area contributed by atoms with Crippen LogP contribution in [0.4, 0.5) is 5.69 Å². The lowest BCUT2D eigenvalue weighted by Gasteiger charge is -1.89. The molecule has 0 saturated carbocycles. The molecule has 1 aliphatic rings. The first kappa shape index (κ1) is 6.37. The van der Waals surface area contributed by atoms with E-state index in [-0.39, 0.29) is 9.72 Å². The van der Waals surface area contributed by atoms with Gasteiger partial charge in [-0.2, -0.15) is 0 Å². The van der Waals surface area contributed by atoms with Gasteiger partial charge in [0.05, 0.1) is 0 Å². The number of nitrogens with zero attached hydrogens (tertiary/aromatic N) is 2. The quantitative estimate of drug-likeness (QED) is 0.557. The van der Waals surface area contributed by atoms with Crippen LogP contribution in [0.15, 0.2) is 27.7 Å². The number of aromatic nitrogens is 1. The monoisotopic (exact) mass is 170 g/mol. The van der Waals surface area contributed by atoms with Crippen molar-refractivity contribution in [3.05, 3.63) is 18.3 Å². The molecule has 0 N–H and O–H groups in total. The minimum Gasteiger partial charge on any atom is -0.247 e. The Kier molecular flexibility index (Phi) is 1.50. The van der Waals surface area contributed by atoms with Crippen molar-refractivity contribution in [2.75, 3.05) is 6.26 Å². The summed E-state index contributed by atoms with van der Waals surface area (Å²) in [4.78, 5) is 4.19. The van der Waals surface area contributed by atoms with Gasteiger partial charge < -0.3 is 0 Å². The van der Waals surface area contributed by atoms with Crippen molar-refractivity contribution in [3.8, 4) is 0 Å². The van der Waals surface area contributed by atoms with Gasteiger partial charge in [-0.05, 0) is 32.6 Å². The molecule has 4 heteroatoms. The molecule has 0 aliphatic carbocycles. The van der Waals surface area contributed by atoms with Crippen molar-refractivity contribution in [2.24, 2.45) is 4.36 Å². The maximum atomic E-state index is 4.38. The average Bonchev–Trinajstić information content (AvgIpc) is 2.27. The predicted molar refractivity (Wildman–Crippen MR) is 45.5 cm³/mol. The second-order valence-electron chi connectivity index (χ2n) is 1.93. The standard InChI is InChI=1S/C6H6N2S2/c1-10-8-5-3-2-4-7-6(5)9-10/h2-4H,1H3. The lowest BCUT2D eigenvalue weighted by atomic mass is 10.4. The van der Waals surface area contributed by atoms with Crippen molar-refractivity contribution >= 4 is 26.2 Å². The molecular formula is C6H6N2S2. The number of hydrogen-bond acceptors (Lipinski definition) is 3. The first-order valence-corrected chi connectivity index (χ1v) is 5.80. The zero-order chi connectivity index (χ0) is 6.97. The van der Waals surface area contributed by atoms with Crippen molar-refractivity contribution < 1.29 is 0 Å². The van der Waals surface area contributed by atoms with Crippen LogP contribution >= 0.6 is 10.8 Å². The number of fused-ring (bicyclic) bond motifs is 1. The van der Waals surface area contributed by atoms with Gasteiger partial charge in [0, 0.05) is 12.5 Å². The van der Waals surface area contributed by atoms with E-state index in [0.717, 1.165) is 10.7 Å². The lowest BCUT2D eigenvalue weighted by Crippen LogP contribution is -1.72. The lowest BCUT2D eigenvalue weighted by molar-refractivity contribution is 1.14. The highest BCUT2D eigenvalue weighted by atomic mass is 33.1. The van der Waals surface area contributed by atoms with E-state index in [1.807, 2.05) is 18.3 Å². The van der Waals surface area contributed by atoms with Crippen molar-refractivity contribution in [1.29, 1.82) is 0 Å². The smallest absolute Gasteiger partial charge is 0.134 e. The Morgan fingerprint density at radius 3 is 3.30 bits per heavy atom. The van der Waals surface area contributed by atoms with Gasteiger partial charge in [-0.25, -0.2) is 9.35 Å². The molecule has 0 bridgehead atoms. The molecular weight excluding hydrogens is 164 g/mol. The van der Waals surface area contributed by atoms with Gasteiger partial charge >= 0.3 is 0 Å². The van der Waals surface area contributed by atoms with Gasteiger partial charge in [-0.3, -0.25) is 0 Å². The van der Waals surface area contributed by atoms with E-state index in [4.69, 9.17) is 0 Å². The minimum atomic E-state index is 0.110. The van der Waals surface area contributed by atoms with Gasteiger partial charge in [0.25, 0.3) is 0 Å². The summed E-state index contributed by atoms with van der Waals surface area (Å²) in [5.74, 6) is 0. The summed E-state index contributed by atoms with van der Waals surface area (Å²) >= 11 is 0.